The van der Waals surface area contributed by atoms with Gasteiger partial charge >= 0.3 is 12.2 Å². The van der Waals surface area contributed by atoms with Crippen molar-refractivity contribution in [1.29, 1.82) is 0 Å². The number of carbonyl (C=O) groups excluding carboxylic acids is 2. The van der Waals surface area contributed by atoms with Gasteiger partial charge in [-0.25, -0.2) is 4.79 Å². The summed E-state index contributed by atoms with van der Waals surface area (Å²) in [4.78, 5) is 22.7. The van der Waals surface area contributed by atoms with Crippen LogP contribution >= 0.6 is 0 Å². The number of rotatable bonds is 6. The summed E-state index contributed by atoms with van der Waals surface area (Å²) in [6.45, 7) is 1.58. The molecule has 1 aromatic rings. The summed E-state index contributed by atoms with van der Waals surface area (Å²) in [6.07, 6.45) is -4.78. The molecule has 1 rings (SSSR count). The first-order chi connectivity index (χ1) is 9.78. The first-order valence-corrected chi connectivity index (χ1v) is 6.50. The van der Waals surface area contributed by atoms with Gasteiger partial charge in [0.2, 0.25) is 0 Å². The average Bonchev–Trinajstić information content (AvgIpc) is 2.37. The summed E-state index contributed by atoms with van der Waals surface area (Å²) in [7, 11) is 0. The molecule has 1 aromatic carbocycles. The number of hydrogen-bond donors (Lipinski definition) is 2. The predicted octanol–water partition coefficient (Wildman–Crippen LogP) is 3.74. The highest BCUT2D eigenvalue weighted by Crippen LogP contribution is 2.21. The van der Waals surface area contributed by atoms with Gasteiger partial charge in [-0.3, -0.25) is 4.79 Å². The third-order valence-corrected chi connectivity index (χ3v) is 2.70. The number of anilines is 1. The van der Waals surface area contributed by atoms with Crippen LogP contribution in [0.3, 0.4) is 0 Å². The smallest absolute Gasteiger partial charge is 0.338 e. The Morgan fingerprint density at radius 2 is 1.90 bits per heavy atom. The molecular weight excluding hydrogens is 285 g/mol. The normalized spacial score (nSPS) is 11.0. The molecule has 7 heteroatoms. The van der Waals surface area contributed by atoms with Gasteiger partial charge in [0.25, 0.3) is 0 Å². The Labute approximate surface area is 120 Å². The topological polar surface area (TPSA) is 58.2 Å². The zero-order chi connectivity index (χ0) is 15.9. The quantitative estimate of drug-likeness (QED) is 0.621. The van der Waals surface area contributed by atoms with Crippen molar-refractivity contribution in [2.75, 3.05) is 11.9 Å². The van der Waals surface area contributed by atoms with Crippen molar-refractivity contribution in [3.8, 4) is 0 Å². The van der Waals surface area contributed by atoms with Crippen LogP contribution in [0.15, 0.2) is 24.3 Å². The first-order valence-electron chi connectivity index (χ1n) is 6.50. The minimum Gasteiger partial charge on any atom is -0.338 e. The van der Waals surface area contributed by atoms with Crippen LogP contribution < -0.4 is 10.6 Å². The maximum Gasteiger partial charge on any atom is 0.389 e. The zero-order valence-corrected chi connectivity index (χ0v) is 11.6. The van der Waals surface area contributed by atoms with Gasteiger partial charge in [0.05, 0.1) is 0 Å². The fourth-order valence-corrected chi connectivity index (χ4v) is 1.64. The Kier molecular flexibility index (Phi) is 6.20. The number of nitrogens with one attached hydrogen (secondary N) is 2. The summed E-state index contributed by atoms with van der Waals surface area (Å²) < 4.78 is 35.7. The summed E-state index contributed by atoms with van der Waals surface area (Å²) in [5, 5.41) is 4.98. The molecule has 0 bridgehead atoms. The van der Waals surface area contributed by atoms with Crippen LogP contribution in [-0.2, 0) is 0 Å². The van der Waals surface area contributed by atoms with E-state index < -0.39 is 18.6 Å². The number of alkyl halides is 3. The fraction of sp³-hybridized carbons (Fsp3) is 0.429. The lowest BCUT2D eigenvalue weighted by Gasteiger charge is -2.09. The molecule has 4 nitrogen and oxygen atoms in total. The molecule has 0 fully saturated rings. The van der Waals surface area contributed by atoms with E-state index in [1.165, 1.54) is 13.0 Å². The second-order valence-electron chi connectivity index (χ2n) is 4.59. The maximum atomic E-state index is 11.9. The number of unbranched alkanes of at least 4 members (excludes halogenated alkanes) is 1. The van der Waals surface area contributed by atoms with E-state index in [1.807, 2.05) is 0 Å². The highest BCUT2D eigenvalue weighted by molar-refractivity contribution is 5.96. The van der Waals surface area contributed by atoms with Gasteiger partial charge in [0.1, 0.15) is 0 Å². The van der Waals surface area contributed by atoms with Gasteiger partial charge in [-0.2, -0.15) is 13.2 Å². The third-order valence-electron chi connectivity index (χ3n) is 2.70. The largest absolute Gasteiger partial charge is 0.389 e. The van der Waals surface area contributed by atoms with Crippen molar-refractivity contribution >= 4 is 17.5 Å². The van der Waals surface area contributed by atoms with Gasteiger partial charge in [-0.1, -0.05) is 12.1 Å². The van der Waals surface area contributed by atoms with Crippen LogP contribution in [0.5, 0.6) is 0 Å². The summed E-state index contributed by atoms with van der Waals surface area (Å²) in [6, 6.07) is 5.90. The van der Waals surface area contributed by atoms with E-state index in [0.29, 0.717) is 11.3 Å². The number of Topliss-reactive ketones (excluding diaryl/α,β-unsaturated/α-hetero) is 1. The van der Waals surface area contributed by atoms with Gasteiger partial charge in [-0.05, 0) is 31.9 Å². The van der Waals surface area contributed by atoms with E-state index >= 15 is 0 Å². The highest BCUT2D eigenvalue weighted by Gasteiger charge is 2.25. The highest BCUT2D eigenvalue weighted by atomic mass is 19.4. The van der Waals surface area contributed by atoms with E-state index in [2.05, 4.69) is 10.6 Å². The molecule has 116 valence electrons. The number of benzene rings is 1. The Morgan fingerprint density at radius 3 is 2.52 bits per heavy atom. The minimum absolute atomic E-state index is 0.0242. The molecule has 0 radical (unpaired) electrons. The third kappa shape index (κ3) is 7.34. The number of hydrogen-bond acceptors (Lipinski definition) is 2. The standard InChI is InChI=1S/C14H17F3N2O2/c1-10(20)11-5-4-6-12(9-11)19-13(21)18-8-3-2-7-14(15,16)17/h4-6,9H,2-3,7-8H2,1H3,(H2,18,19,21). The molecule has 21 heavy (non-hydrogen) atoms. The van der Waals surface area contributed by atoms with Gasteiger partial charge in [0.15, 0.2) is 5.78 Å². The zero-order valence-electron chi connectivity index (χ0n) is 11.6. The number of ketones is 1. The van der Waals surface area contributed by atoms with Crippen molar-refractivity contribution in [2.45, 2.75) is 32.4 Å². The molecule has 0 saturated heterocycles. The molecule has 0 aliphatic rings. The molecule has 0 unspecified atom stereocenters. The molecule has 0 aliphatic carbocycles. The van der Waals surface area contributed by atoms with Gasteiger partial charge in [-0.15, -0.1) is 0 Å². The Balaban J connectivity index is 2.31. The van der Waals surface area contributed by atoms with E-state index in [4.69, 9.17) is 0 Å². The van der Waals surface area contributed by atoms with E-state index in [-0.39, 0.29) is 25.2 Å². The minimum atomic E-state index is -4.16. The van der Waals surface area contributed by atoms with Crippen molar-refractivity contribution in [2.24, 2.45) is 0 Å². The molecule has 2 N–H and O–H groups in total. The van der Waals surface area contributed by atoms with Crippen molar-refractivity contribution < 1.29 is 22.8 Å². The van der Waals surface area contributed by atoms with Crippen LogP contribution in [0.1, 0.15) is 36.5 Å². The van der Waals surface area contributed by atoms with E-state index in [9.17, 15) is 22.8 Å². The lowest BCUT2D eigenvalue weighted by Crippen LogP contribution is -2.29. The summed E-state index contributed by atoms with van der Waals surface area (Å²) >= 11 is 0. The molecule has 2 amide bonds. The number of amides is 2. The Hall–Kier alpha value is -2.05. The van der Waals surface area contributed by atoms with E-state index in [0.717, 1.165) is 0 Å². The van der Waals surface area contributed by atoms with Crippen molar-refractivity contribution in [1.82, 2.24) is 5.32 Å². The molecule has 0 aromatic heterocycles. The fourth-order valence-electron chi connectivity index (χ4n) is 1.64. The van der Waals surface area contributed by atoms with Crippen LogP contribution in [0.4, 0.5) is 23.7 Å². The van der Waals surface area contributed by atoms with Gasteiger partial charge < -0.3 is 10.6 Å². The molecule has 0 aliphatic heterocycles. The molecule has 0 heterocycles. The lowest BCUT2D eigenvalue weighted by molar-refractivity contribution is -0.135. The predicted molar refractivity (Wildman–Crippen MR) is 73.4 cm³/mol. The Bertz CT molecular complexity index is 501. The SMILES string of the molecule is CC(=O)c1cccc(NC(=O)NCCCCC(F)(F)F)c1. The molecule has 0 atom stereocenters. The van der Waals surface area contributed by atoms with Crippen molar-refractivity contribution in [3.05, 3.63) is 29.8 Å². The second-order valence-corrected chi connectivity index (χ2v) is 4.59. The van der Waals surface area contributed by atoms with Crippen molar-refractivity contribution in [3.63, 3.8) is 0 Å². The monoisotopic (exact) mass is 302 g/mol. The average molecular weight is 302 g/mol. The van der Waals surface area contributed by atoms with Gasteiger partial charge in [0, 0.05) is 24.2 Å². The molecule has 0 saturated carbocycles. The van der Waals surface area contributed by atoms with Crippen LogP contribution in [0.25, 0.3) is 0 Å². The summed E-state index contributed by atoms with van der Waals surface area (Å²) in [5.74, 6) is -0.119. The summed E-state index contributed by atoms with van der Waals surface area (Å²) in [5.41, 5.74) is 0.925. The number of urea groups is 1. The number of halogens is 3. The maximum absolute atomic E-state index is 11.9. The molecular formula is C14H17F3N2O2. The number of carbonyl (C=O) groups is 2. The van der Waals surface area contributed by atoms with Crippen LogP contribution in [0, 0.1) is 0 Å². The Morgan fingerprint density at radius 1 is 1.19 bits per heavy atom. The second kappa shape index (κ2) is 7.66. The van der Waals surface area contributed by atoms with Crippen LogP contribution in [0.2, 0.25) is 0 Å². The van der Waals surface area contributed by atoms with E-state index in [1.54, 1.807) is 18.2 Å². The first kappa shape index (κ1) is 17.0. The molecule has 0 spiro atoms. The lowest BCUT2D eigenvalue weighted by atomic mass is 10.1. The van der Waals surface area contributed by atoms with Crippen LogP contribution in [-0.4, -0.2) is 24.5 Å².